The fourth-order valence-electron chi connectivity index (χ4n) is 1.55. The zero-order valence-electron chi connectivity index (χ0n) is 9.63. The summed E-state index contributed by atoms with van der Waals surface area (Å²) in [4.78, 5) is 11.9. The number of alkyl halides is 3. The third-order valence-electron chi connectivity index (χ3n) is 2.56. The molecule has 7 heteroatoms. The molecular weight excluding hydrogens is 237 g/mol. The highest BCUT2D eigenvalue weighted by molar-refractivity contribution is 5.73. The van der Waals surface area contributed by atoms with Crippen LogP contribution in [0.4, 0.5) is 13.2 Å². The Morgan fingerprint density at radius 3 is 2.53 bits per heavy atom. The molecule has 0 bridgehead atoms. The van der Waals surface area contributed by atoms with E-state index >= 15 is 0 Å². The van der Waals surface area contributed by atoms with Crippen molar-refractivity contribution in [3.05, 3.63) is 0 Å². The summed E-state index contributed by atoms with van der Waals surface area (Å²) in [6, 6.07) is -0.526. The van der Waals surface area contributed by atoms with Crippen LogP contribution in [0.2, 0.25) is 0 Å². The van der Waals surface area contributed by atoms with E-state index in [9.17, 15) is 18.0 Å². The van der Waals surface area contributed by atoms with E-state index in [0.717, 1.165) is 17.7 Å². The molecule has 0 amide bonds. The first kappa shape index (κ1) is 14.2. The van der Waals surface area contributed by atoms with Gasteiger partial charge in [0.2, 0.25) is 0 Å². The summed E-state index contributed by atoms with van der Waals surface area (Å²) < 4.78 is 36.1. The van der Waals surface area contributed by atoms with Crippen molar-refractivity contribution in [2.75, 3.05) is 20.1 Å². The number of nitrogens with one attached hydrogen (secondary N) is 1. The minimum Gasteiger partial charge on any atom is -0.480 e. The highest BCUT2D eigenvalue weighted by atomic mass is 19.4. The number of nitrogens with zero attached hydrogens (tertiary/aromatic N) is 1. The van der Waals surface area contributed by atoms with Gasteiger partial charge in [-0.3, -0.25) is 9.69 Å². The predicted octanol–water partition coefficient (Wildman–Crippen LogP) is 1.08. The van der Waals surface area contributed by atoms with Crippen molar-refractivity contribution in [3.63, 3.8) is 0 Å². The number of rotatable bonds is 7. The second-order valence-electron chi connectivity index (χ2n) is 4.47. The maximum absolute atomic E-state index is 12.0. The van der Waals surface area contributed by atoms with Crippen LogP contribution in [-0.2, 0) is 4.79 Å². The van der Waals surface area contributed by atoms with Gasteiger partial charge in [-0.15, -0.1) is 0 Å². The lowest BCUT2D eigenvalue weighted by Crippen LogP contribution is -2.41. The van der Waals surface area contributed by atoms with Crippen LogP contribution in [0.15, 0.2) is 0 Å². The zero-order valence-corrected chi connectivity index (χ0v) is 9.63. The molecule has 1 aliphatic carbocycles. The average molecular weight is 254 g/mol. The molecule has 1 atom stereocenters. The Morgan fingerprint density at radius 2 is 2.12 bits per heavy atom. The van der Waals surface area contributed by atoms with Crippen LogP contribution in [0.3, 0.4) is 0 Å². The Labute approximate surface area is 97.8 Å². The maximum Gasteiger partial charge on any atom is 0.401 e. The van der Waals surface area contributed by atoms with Crippen LogP contribution in [0.5, 0.6) is 0 Å². The van der Waals surface area contributed by atoms with E-state index in [4.69, 9.17) is 5.11 Å². The van der Waals surface area contributed by atoms with Crippen molar-refractivity contribution in [3.8, 4) is 0 Å². The second-order valence-corrected chi connectivity index (χ2v) is 4.47. The molecule has 1 aliphatic rings. The number of carboxylic acid groups (broad SMARTS) is 1. The molecule has 0 saturated heterocycles. The summed E-state index contributed by atoms with van der Waals surface area (Å²) in [6.07, 6.45) is -2.17. The fourth-order valence-corrected chi connectivity index (χ4v) is 1.55. The monoisotopic (exact) mass is 254 g/mol. The van der Waals surface area contributed by atoms with E-state index in [-0.39, 0.29) is 19.0 Å². The topological polar surface area (TPSA) is 52.6 Å². The fraction of sp³-hybridized carbons (Fsp3) is 0.900. The minimum atomic E-state index is -4.24. The van der Waals surface area contributed by atoms with Crippen LogP contribution in [0, 0.1) is 0 Å². The molecule has 1 rings (SSSR count). The lowest BCUT2D eigenvalue weighted by Gasteiger charge is -2.21. The van der Waals surface area contributed by atoms with Gasteiger partial charge in [0, 0.05) is 12.6 Å². The van der Waals surface area contributed by atoms with Gasteiger partial charge in [-0.1, -0.05) is 0 Å². The summed E-state index contributed by atoms with van der Waals surface area (Å²) in [6.45, 7) is -0.904. The molecule has 1 unspecified atom stereocenters. The van der Waals surface area contributed by atoms with Gasteiger partial charge < -0.3 is 10.4 Å². The number of hydrogen-bond donors (Lipinski definition) is 2. The molecule has 0 radical (unpaired) electrons. The standard InChI is InChI=1S/C10H17F3N2O2/c1-15(6-10(11,12)13)5-4-8(9(16)17)14-7-2-3-7/h7-8,14H,2-6H2,1H3,(H,16,17). The van der Waals surface area contributed by atoms with Crippen LogP contribution >= 0.6 is 0 Å². The Balaban J connectivity index is 2.27. The Hall–Kier alpha value is -0.820. The lowest BCUT2D eigenvalue weighted by atomic mass is 10.2. The van der Waals surface area contributed by atoms with Crippen LogP contribution in [-0.4, -0.2) is 54.4 Å². The molecule has 4 nitrogen and oxygen atoms in total. The van der Waals surface area contributed by atoms with Crippen molar-refractivity contribution in [1.29, 1.82) is 0 Å². The molecule has 0 aromatic rings. The zero-order chi connectivity index (χ0) is 13.1. The van der Waals surface area contributed by atoms with Gasteiger partial charge in [0.05, 0.1) is 6.54 Å². The van der Waals surface area contributed by atoms with E-state index in [2.05, 4.69) is 5.32 Å². The summed E-state index contributed by atoms with van der Waals surface area (Å²) in [7, 11) is 1.34. The summed E-state index contributed by atoms with van der Waals surface area (Å²) in [5.74, 6) is -1.00. The highest BCUT2D eigenvalue weighted by Crippen LogP contribution is 2.20. The molecule has 1 fully saturated rings. The Bertz CT molecular complexity index is 267. The van der Waals surface area contributed by atoms with Gasteiger partial charge in [-0.25, -0.2) is 0 Å². The SMILES string of the molecule is CN(CCC(NC1CC1)C(=O)O)CC(F)(F)F. The first-order valence-electron chi connectivity index (χ1n) is 5.52. The van der Waals surface area contributed by atoms with Gasteiger partial charge in [-0.05, 0) is 26.3 Å². The molecule has 2 N–H and O–H groups in total. The molecule has 0 aromatic carbocycles. The van der Waals surface area contributed by atoms with E-state index in [1.54, 1.807) is 0 Å². The number of aliphatic carboxylic acids is 1. The van der Waals surface area contributed by atoms with Gasteiger partial charge >= 0.3 is 12.1 Å². The first-order valence-corrected chi connectivity index (χ1v) is 5.52. The van der Waals surface area contributed by atoms with Crippen LogP contribution in [0.1, 0.15) is 19.3 Å². The largest absolute Gasteiger partial charge is 0.480 e. The first-order chi connectivity index (χ1) is 7.78. The summed E-state index contributed by atoms with van der Waals surface area (Å²) in [5, 5.41) is 11.8. The number of hydrogen-bond acceptors (Lipinski definition) is 3. The minimum absolute atomic E-state index is 0.107. The van der Waals surface area contributed by atoms with Crippen molar-refractivity contribution in [2.45, 2.75) is 37.5 Å². The highest BCUT2D eigenvalue weighted by Gasteiger charge is 2.31. The molecule has 100 valence electrons. The lowest BCUT2D eigenvalue weighted by molar-refractivity contribution is -0.144. The second kappa shape index (κ2) is 5.68. The molecular formula is C10H17F3N2O2. The van der Waals surface area contributed by atoms with Crippen molar-refractivity contribution in [2.24, 2.45) is 0 Å². The number of halogens is 3. The Kier molecular flexibility index (Phi) is 4.76. The molecule has 0 spiro atoms. The third-order valence-corrected chi connectivity index (χ3v) is 2.56. The van der Waals surface area contributed by atoms with E-state index in [1.807, 2.05) is 0 Å². The molecule has 0 aliphatic heterocycles. The van der Waals surface area contributed by atoms with Gasteiger partial charge in [0.1, 0.15) is 6.04 Å². The third kappa shape index (κ3) is 6.48. The molecule has 1 saturated carbocycles. The maximum atomic E-state index is 12.0. The van der Waals surface area contributed by atoms with E-state index in [1.165, 1.54) is 7.05 Å². The van der Waals surface area contributed by atoms with Gasteiger partial charge in [-0.2, -0.15) is 13.2 Å². The van der Waals surface area contributed by atoms with Crippen molar-refractivity contribution >= 4 is 5.97 Å². The predicted molar refractivity (Wildman–Crippen MR) is 55.8 cm³/mol. The van der Waals surface area contributed by atoms with Gasteiger partial charge in [0.15, 0.2) is 0 Å². The summed E-state index contributed by atoms with van der Waals surface area (Å²) in [5.41, 5.74) is 0. The van der Waals surface area contributed by atoms with Crippen molar-refractivity contribution in [1.82, 2.24) is 10.2 Å². The van der Waals surface area contributed by atoms with Crippen molar-refractivity contribution < 1.29 is 23.1 Å². The van der Waals surface area contributed by atoms with Crippen LogP contribution < -0.4 is 5.32 Å². The van der Waals surface area contributed by atoms with E-state index in [0.29, 0.717) is 0 Å². The van der Waals surface area contributed by atoms with E-state index < -0.39 is 24.7 Å². The smallest absolute Gasteiger partial charge is 0.401 e. The quantitative estimate of drug-likeness (QED) is 0.713. The Morgan fingerprint density at radius 1 is 1.53 bits per heavy atom. The number of carbonyl (C=O) groups is 1. The number of carboxylic acids is 1. The molecule has 0 heterocycles. The van der Waals surface area contributed by atoms with Crippen LogP contribution in [0.25, 0.3) is 0 Å². The average Bonchev–Trinajstić information content (AvgIpc) is 2.92. The van der Waals surface area contributed by atoms with Gasteiger partial charge in [0.25, 0.3) is 0 Å². The molecule has 17 heavy (non-hydrogen) atoms. The molecule has 0 aromatic heterocycles. The summed E-state index contributed by atoms with van der Waals surface area (Å²) >= 11 is 0. The normalized spacial score (nSPS) is 18.4.